The predicted octanol–water partition coefficient (Wildman–Crippen LogP) is 2.76. The van der Waals surface area contributed by atoms with Crippen molar-refractivity contribution in [3.63, 3.8) is 0 Å². The fourth-order valence-electron chi connectivity index (χ4n) is 1.10. The molecule has 0 amide bonds. The topological polar surface area (TPSA) is 27.7 Å². The molecule has 0 bridgehead atoms. The van der Waals surface area contributed by atoms with Gasteiger partial charge in [0, 0.05) is 12.1 Å². The Morgan fingerprint density at radius 2 is 1.64 bits per heavy atom. The first-order valence-electron chi connectivity index (χ1n) is 4.27. The van der Waals surface area contributed by atoms with Gasteiger partial charge in [-0.05, 0) is 6.92 Å². The minimum atomic E-state index is 0.457. The Labute approximate surface area is 88.5 Å². The van der Waals surface area contributed by atoms with E-state index in [1.54, 1.807) is 26.4 Å². The van der Waals surface area contributed by atoms with Crippen LogP contribution < -0.4 is 14.2 Å². The molecule has 0 saturated carbocycles. The third-order valence-corrected chi connectivity index (χ3v) is 2.10. The normalized spacial score (nSPS) is 9.71. The Morgan fingerprint density at radius 1 is 1.14 bits per heavy atom. The quantitative estimate of drug-likeness (QED) is 0.775. The first-order chi connectivity index (χ1) is 6.72. The standard InChI is InChI=1S/C10H13ClO3/c1-4-14-7-5-8(12-2)10(11)9(6-7)13-3/h5-6H,4H2,1-3H3. The van der Waals surface area contributed by atoms with Crippen LogP contribution >= 0.6 is 11.6 Å². The Hall–Kier alpha value is -1.09. The van der Waals surface area contributed by atoms with Crippen molar-refractivity contribution in [1.29, 1.82) is 0 Å². The van der Waals surface area contributed by atoms with Gasteiger partial charge in [0.25, 0.3) is 0 Å². The van der Waals surface area contributed by atoms with Crippen LogP contribution in [-0.2, 0) is 0 Å². The summed E-state index contributed by atoms with van der Waals surface area (Å²) in [7, 11) is 3.10. The van der Waals surface area contributed by atoms with Crippen LogP contribution in [0.4, 0.5) is 0 Å². The number of hydrogen-bond acceptors (Lipinski definition) is 3. The van der Waals surface area contributed by atoms with E-state index < -0.39 is 0 Å². The summed E-state index contributed by atoms with van der Waals surface area (Å²) >= 11 is 5.98. The van der Waals surface area contributed by atoms with Gasteiger partial charge in [0.2, 0.25) is 0 Å². The number of ether oxygens (including phenoxy) is 3. The van der Waals surface area contributed by atoms with Crippen LogP contribution in [0.15, 0.2) is 12.1 Å². The number of halogens is 1. The van der Waals surface area contributed by atoms with Crippen LogP contribution in [0.5, 0.6) is 17.2 Å². The number of benzene rings is 1. The summed E-state index contributed by atoms with van der Waals surface area (Å²) in [5, 5.41) is 0.457. The van der Waals surface area contributed by atoms with Gasteiger partial charge in [-0.15, -0.1) is 0 Å². The van der Waals surface area contributed by atoms with Crippen LogP contribution in [-0.4, -0.2) is 20.8 Å². The van der Waals surface area contributed by atoms with Gasteiger partial charge in [0.05, 0.1) is 20.8 Å². The van der Waals surface area contributed by atoms with Crippen molar-refractivity contribution < 1.29 is 14.2 Å². The Bertz CT molecular complexity index is 287. The molecule has 1 rings (SSSR count). The molecule has 0 aliphatic heterocycles. The monoisotopic (exact) mass is 216 g/mol. The van der Waals surface area contributed by atoms with Crippen molar-refractivity contribution in [2.45, 2.75) is 6.92 Å². The van der Waals surface area contributed by atoms with Gasteiger partial charge < -0.3 is 14.2 Å². The second kappa shape index (κ2) is 4.96. The fourth-order valence-corrected chi connectivity index (χ4v) is 1.36. The van der Waals surface area contributed by atoms with Crippen molar-refractivity contribution >= 4 is 11.6 Å². The van der Waals surface area contributed by atoms with E-state index in [1.807, 2.05) is 6.92 Å². The predicted molar refractivity (Wildman–Crippen MR) is 55.7 cm³/mol. The zero-order chi connectivity index (χ0) is 10.6. The summed E-state index contributed by atoms with van der Waals surface area (Å²) in [6.07, 6.45) is 0. The third kappa shape index (κ3) is 2.23. The van der Waals surface area contributed by atoms with Gasteiger partial charge in [-0.3, -0.25) is 0 Å². The molecule has 0 fully saturated rings. The van der Waals surface area contributed by atoms with E-state index in [9.17, 15) is 0 Å². The lowest BCUT2D eigenvalue weighted by Crippen LogP contribution is -1.95. The number of rotatable bonds is 4. The highest BCUT2D eigenvalue weighted by Crippen LogP contribution is 2.37. The van der Waals surface area contributed by atoms with E-state index >= 15 is 0 Å². The van der Waals surface area contributed by atoms with Gasteiger partial charge in [0.15, 0.2) is 0 Å². The van der Waals surface area contributed by atoms with Gasteiger partial charge in [-0.1, -0.05) is 11.6 Å². The van der Waals surface area contributed by atoms with Gasteiger partial charge in [0.1, 0.15) is 22.3 Å². The second-order valence-electron chi connectivity index (χ2n) is 2.57. The van der Waals surface area contributed by atoms with Crippen molar-refractivity contribution in [3.8, 4) is 17.2 Å². The molecular formula is C10H13ClO3. The Morgan fingerprint density at radius 3 is 2.00 bits per heavy atom. The Balaban J connectivity index is 3.11. The minimum absolute atomic E-state index is 0.457. The molecule has 3 nitrogen and oxygen atoms in total. The molecule has 0 saturated heterocycles. The third-order valence-electron chi connectivity index (χ3n) is 1.73. The molecule has 0 aromatic heterocycles. The van der Waals surface area contributed by atoms with Crippen molar-refractivity contribution in [3.05, 3.63) is 17.2 Å². The average molecular weight is 217 g/mol. The van der Waals surface area contributed by atoms with Crippen LogP contribution in [0.3, 0.4) is 0 Å². The lowest BCUT2D eigenvalue weighted by atomic mass is 10.3. The molecule has 1 aromatic carbocycles. The van der Waals surface area contributed by atoms with Crippen molar-refractivity contribution in [2.24, 2.45) is 0 Å². The van der Waals surface area contributed by atoms with E-state index in [1.165, 1.54) is 0 Å². The average Bonchev–Trinajstić information content (AvgIpc) is 2.20. The molecule has 4 heteroatoms. The molecule has 0 unspecified atom stereocenters. The molecule has 14 heavy (non-hydrogen) atoms. The van der Waals surface area contributed by atoms with Crippen LogP contribution in [0.1, 0.15) is 6.92 Å². The molecule has 0 N–H and O–H groups in total. The maximum atomic E-state index is 5.98. The van der Waals surface area contributed by atoms with E-state index in [-0.39, 0.29) is 0 Å². The lowest BCUT2D eigenvalue weighted by Gasteiger charge is -2.11. The zero-order valence-corrected chi connectivity index (χ0v) is 9.22. The SMILES string of the molecule is CCOc1cc(OC)c(Cl)c(OC)c1. The minimum Gasteiger partial charge on any atom is -0.495 e. The van der Waals surface area contributed by atoms with E-state index in [0.29, 0.717) is 28.9 Å². The molecule has 0 aliphatic carbocycles. The van der Waals surface area contributed by atoms with Crippen LogP contribution in [0.2, 0.25) is 5.02 Å². The maximum absolute atomic E-state index is 5.98. The van der Waals surface area contributed by atoms with E-state index in [0.717, 1.165) is 0 Å². The molecule has 0 atom stereocenters. The number of methoxy groups -OCH3 is 2. The molecule has 0 aliphatic rings. The van der Waals surface area contributed by atoms with Crippen molar-refractivity contribution in [1.82, 2.24) is 0 Å². The molecule has 0 heterocycles. The van der Waals surface area contributed by atoms with E-state index in [2.05, 4.69) is 0 Å². The molecule has 78 valence electrons. The fraction of sp³-hybridized carbons (Fsp3) is 0.400. The van der Waals surface area contributed by atoms with Gasteiger partial charge in [-0.2, -0.15) is 0 Å². The summed E-state index contributed by atoms with van der Waals surface area (Å²) in [4.78, 5) is 0. The first-order valence-corrected chi connectivity index (χ1v) is 4.65. The molecule has 0 radical (unpaired) electrons. The summed E-state index contributed by atoms with van der Waals surface area (Å²) < 4.78 is 15.5. The zero-order valence-electron chi connectivity index (χ0n) is 8.46. The molecule has 0 spiro atoms. The van der Waals surface area contributed by atoms with Gasteiger partial charge >= 0.3 is 0 Å². The molecular weight excluding hydrogens is 204 g/mol. The van der Waals surface area contributed by atoms with Crippen LogP contribution in [0.25, 0.3) is 0 Å². The maximum Gasteiger partial charge on any atom is 0.144 e. The summed E-state index contributed by atoms with van der Waals surface area (Å²) in [5.74, 6) is 1.79. The molecule has 1 aromatic rings. The smallest absolute Gasteiger partial charge is 0.144 e. The Kier molecular flexibility index (Phi) is 3.89. The highest BCUT2D eigenvalue weighted by molar-refractivity contribution is 6.33. The highest BCUT2D eigenvalue weighted by atomic mass is 35.5. The first kappa shape index (κ1) is 11.0. The highest BCUT2D eigenvalue weighted by Gasteiger charge is 2.10. The van der Waals surface area contributed by atoms with Crippen molar-refractivity contribution in [2.75, 3.05) is 20.8 Å². The van der Waals surface area contributed by atoms with Crippen LogP contribution in [0, 0.1) is 0 Å². The summed E-state index contributed by atoms with van der Waals surface area (Å²) in [5.41, 5.74) is 0. The van der Waals surface area contributed by atoms with E-state index in [4.69, 9.17) is 25.8 Å². The van der Waals surface area contributed by atoms with Gasteiger partial charge in [-0.25, -0.2) is 0 Å². The second-order valence-corrected chi connectivity index (χ2v) is 2.95. The summed E-state index contributed by atoms with van der Waals surface area (Å²) in [6.45, 7) is 2.50. The number of hydrogen-bond donors (Lipinski definition) is 0. The lowest BCUT2D eigenvalue weighted by molar-refractivity contribution is 0.331. The largest absolute Gasteiger partial charge is 0.495 e. The summed E-state index contributed by atoms with van der Waals surface area (Å²) in [6, 6.07) is 3.46.